The highest BCUT2D eigenvalue weighted by molar-refractivity contribution is 6.34. The van der Waals surface area contributed by atoms with Gasteiger partial charge in [0.05, 0.1) is 5.56 Å². The molecule has 1 aromatic heterocycles. The van der Waals surface area contributed by atoms with Crippen molar-refractivity contribution in [1.82, 2.24) is 10.3 Å². The van der Waals surface area contributed by atoms with Crippen LogP contribution >= 0.6 is 23.2 Å². The average molecular weight is 287 g/mol. The number of rotatable bonds is 2. The van der Waals surface area contributed by atoms with E-state index in [1.165, 1.54) is 0 Å². The minimum atomic E-state index is -0.171. The summed E-state index contributed by atoms with van der Waals surface area (Å²) in [6.45, 7) is 4.39. The second kappa shape index (κ2) is 5.45. The van der Waals surface area contributed by atoms with Crippen LogP contribution in [-0.2, 0) is 0 Å². The summed E-state index contributed by atoms with van der Waals surface area (Å²) in [5, 5.41) is 3.47. The molecule has 18 heavy (non-hydrogen) atoms. The normalized spacial score (nSPS) is 27.2. The maximum absolute atomic E-state index is 12.1. The third-order valence-electron chi connectivity index (χ3n) is 3.84. The van der Waals surface area contributed by atoms with Crippen molar-refractivity contribution in [3.8, 4) is 0 Å². The molecule has 3 unspecified atom stereocenters. The highest BCUT2D eigenvalue weighted by atomic mass is 35.5. The summed E-state index contributed by atoms with van der Waals surface area (Å²) in [5.74, 6) is 0.970. The van der Waals surface area contributed by atoms with Crippen LogP contribution in [0.25, 0.3) is 0 Å². The number of pyridine rings is 1. The van der Waals surface area contributed by atoms with Gasteiger partial charge in [0.25, 0.3) is 5.91 Å². The molecule has 1 heterocycles. The molecule has 2 rings (SSSR count). The summed E-state index contributed by atoms with van der Waals surface area (Å²) in [7, 11) is 0. The summed E-state index contributed by atoms with van der Waals surface area (Å²) < 4.78 is 0. The molecule has 3 nitrogen and oxygen atoms in total. The highest BCUT2D eigenvalue weighted by Crippen LogP contribution is 2.31. The molecule has 5 heteroatoms. The van der Waals surface area contributed by atoms with Gasteiger partial charge in [0.1, 0.15) is 10.3 Å². The van der Waals surface area contributed by atoms with E-state index in [9.17, 15) is 4.79 Å². The van der Waals surface area contributed by atoms with Gasteiger partial charge >= 0.3 is 0 Å². The Morgan fingerprint density at radius 2 is 2.06 bits per heavy atom. The third kappa shape index (κ3) is 2.78. The number of aromatic nitrogens is 1. The Morgan fingerprint density at radius 3 is 2.61 bits per heavy atom. The number of halogens is 2. The van der Waals surface area contributed by atoms with Gasteiger partial charge in [-0.15, -0.1) is 0 Å². The van der Waals surface area contributed by atoms with Crippen LogP contribution in [0.15, 0.2) is 12.1 Å². The number of hydrogen-bond acceptors (Lipinski definition) is 2. The van der Waals surface area contributed by atoms with Crippen LogP contribution in [0.3, 0.4) is 0 Å². The summed E-state index contributed by atoms with van der Waals surface area (Å²) in [4.78, 5) is 16.0. The number of amides is 1. The molecule has 0 radical (unpaired) electrons. The molecule has 1 N–H and O–H groups in total. The molecule has 0 aromatic carbocycles. The van der Waals surface area contributed by atoms with Crippen molar-refractivity contribution < 1.29 is 4.79 Å². The van der Waals surface area contributed by atoms with Gasteiger partial charge in [-0.05, 0) is 36.8 Å². The fourth-order valence-electron chi connectivity index (χ4n) is 2.40. The van der Waals surface area contributed by atoms with Crippen molar-refractivity contribution in [2.24, 2.45) is 11.8 Å². The summed E-state index contributed by atoms with van der Waals surface area (Å²) in [5.41, 5.74) is 0.382. The SMILES string of the molecule is CC1CCC(NC(=O)c2ccc(Cl)nc2Cl)C1C. The highest BCUT2D eigenvalue weighted by Gasteiger charge is 2.31. The molecule has 1 aliphatic rings. The van der Waals surface area contributed by atoms with Crippen molar-refractivity contribution in [1.29, 1.82) is 0 Å². The number of nitrogens with zero attached hydrogens (tertiary/aromatic N) is 1. The Hall–Kier alpha value is -0.800. The van der Waals surface area contributed by atoms with Gasteiger partial charge < -0.3 is 5.32 Å². The molecule has 0 bridgehead atoms. The van der Waals surface area contributed by atoms with Crippen molar-refractivity contribution in [2.75, 3.05) is 0 Å². The maximum Gasteiger partial charge on any atom is 0.254 e. The lowest BCUT2D eigenvalue weighted by Crippen LogP contribution is -2.37. The van der Waals surface area contributed by atoms with E-state index in [0.717, 1.165) is 12.8 Å². The summed E-state index contributed by atoms with van der Waals surface area (Å²) in [6, 6.07) is 3.40. The van der Waals surface area contributed by atoms with Crippen LogP contribution in [0.4, 0.5) is 0 Å². The minimum absolute atomic E-state index is 0.152. The van der Waals surface area contributed by atoms with Gasteiger partial charge in [-0.3, -0.25) is 4.79 Å². The van der Waals surface area contributed by atoms with Crippen LogP contribution < -0.4 is 5.32 Å². The molecule has 0 spiro atoms. The first kappa shape index (κ1) is 13.6. The van der Waals surface area contributed by atoms with E-state index in [1.54, 1.807) is 12.1 Å². The van der Waals surface area contributed by atoms with Crippen LogP contribution in [-0.4, -0.2) is 16.9 Å². The fraction of sp³-hybridized carbons (Fsp3) is 0.538. The molecular weight excluding hydrogens is 271 g/mol. The van der Waals surface area contributed by atoms with Crippen LogP contribution in [0, 0.1) is 11.8 Å². The standard InChI is InChI=1S/C13H16Cl2N2O/c1-7-3-5-10(8(7)2)16-13(18)9-4-6-11(14)17-12(9)15/h4,6-8,10H,3,5H2,1-2H3,(H,16,18). The van der Waals surface area contributed by atoms with Crippen molar-refractivity contribution in [3.05, 3.63) is 28.0 Å². The maximum atomic E-state index is 12.1. The number of carbonyl (C=O) groups is 1. The van der Waals surface area contributed by atoms with Gasteiger partial charge in [-0.1, -0.05) is 37.0 Å². The van der Waals surface area contributed by atoms with Crippen LogP contribution in [0.2, 0.25) is 10.3 Å². The van der Waals surface area contributed by atoms with Gasteiger partial charge in [0.2, 0.25) is 0 Å². The largest absolute Gasteiger partial charge is 0.349 e. The Balaban J connectivity index is 2.08. The van der Waals surface area contributed by atoms with Crippen LogP contribution in [0.1, 0.15) is 37.0 Å². The van der Waals surface area contributed by atoms with E-state index >= 15 is 0 Å². The first-order valence-electron chi connectivity index (χ1n) is 6.12. The Labute approximate surface area is 117 Å². The van der Waals surface area contributed by atoms with E-state index in [1.807, 2.05) is 0 Å². The monoisotopic (exact) mass is 286 g/mol. The van der Waals surface area contributed by atoms with Gasteiger partial charge in [-0.2, -0.15) is 0 Å². The molecule has 98 valence electrons. The zero-order chi connectivity index (χ0) is 13.3. The van der Waals surface area contributed by atoms with Gasteiger partial charge in [0.15, 0.2) is 0 Å². The van der Waals surface area contributed by atoms with Crippen molar-refractivity contribution in [3.63, 3.8) is 0 Å². The topological polar surface area (TPSA) is 42.0 Å². The molecule has 3 atom stereocenters. The second-order valence-corrected chi connectivity index (χ2v) is 5.71. The first-order chi connectivity index (χ1) is 8.49. The lowest BCUT2D eigenvalue weighted by molar-refractivity contribution is 0.0927. The Bertz CT molecular complexity index is 464. The molecule has 0 saturated heterocycles. The smallest absolute Gasteiger partial charge is 0.254 e. The number of hydrogen-bond donors (Lipinski definition) is 1. The van der Waals surface area contributed by atoms with E-state index in [2.05, 4.69) is 24.1 Å². The zero-order valence-corrected chi connectivity index (χ0v) is 11.9. The molecule has 1 saturated carbocycles. The molecule has 0 aliphatic heterocycles. The Kier molecular flexibility index (Phi) is 4.13. The van der Waals surface area contributed by atoms with E-state index in [-0.39, 0.29) is 17.1 Å². The molecular formula is C13H16Cl2N2O. The number of nitrogens with one attached hydrogen (secondary N) is 1. The van der Waals surface area contributed by atoms with Gasteiger partial charge in [-0.25, -0.2) is 4.98 Å². The fourth-order valence-corrected chi connectivity index (χ4v) is 2.83. The summed E-state index contributed by atoms with van der Waals surface area (Å²) in [6.07, 6.45) is 2.17. The predicted molar refractivity (Wildman–Crippen MR) is 73.1 cm³/mol. The minimum Gasteiger partial charge on any atom is -0.349 e. The van der Waals surface area contributed by atoms with E-state index in [0.29, 0.717) is 22.6 Å². The van der Waals surface area contributed by atoms with Crippen molar-refractivity contribution >= 4 is 29.1 Å². The zero-order valence-electron chi connectivity index (χ0n) is 10.4. The first-order valence-corrected chi connectivity index (χ1v) is 6.87. The number of carbonyl (C=O) groups excluding carboxylic acids is 1. The quantitative estimate of drug-likeness (QED) is 0.845. The third-order valence-corrected chi connectivity index (χ3v) is 4.34. The average Bonchev–Trinajstić information content (AvgIpc) is 2.61. The van der Waals surface area contributed by atoms with E-state index < -0.39 is 0 Å². The lowest BCUT2D eigenvalue weighted by Gasteiger charge is -2.19. The predicted octanol–water partition coefficient (Wildman–Crippen LogP) is 3.55. The second-order valence-electron chi connectivity index (χ2n) is 4.97. The van der Waals surface area contributed by atoms with E-state index in [4.69, 9.17) is 23.2 Å². The molecule has 1 aliphatic carbocycles. The molecule has 1 aromatic rings. The molecule has 1 fully saturated rings. The summed E-state index contributed by atoms with van der Waals surface area (Å²) >= 11 is 11.6. The van der Waals surface area contributed by atoms with Crippen LogP contribution in [0.5, 0.6) is 0 Å². The lowest BCUT2D eigenvalue weighted by atomic mass is 9.97. The van der Waals surface area contributed by atoms with Gasteiger partial charge in [0, 0.05) is 6.04 Å². The molecule has 1 amide bonds. The Morgan fingerprint density at radius 1 is 1.33 bits per heavy atom. The van der Waals surface area contributed by atoms with Crippen molar-refractivity contribution in [2.45, 2.75) is 32.7 Å².